The van der Waals surface area contributed by atoms with Crippen LogP contribution in [0.25, 0.3) is 11.0 Å². The number of carbonyl (C=O) groups is 1. The molecule has 0 spiro atoms. The van der Waals surface area contributed by atoms with Gasteiger partial charge in [0.2, 0.25) is 0 Å². The normalized spacial score (nSPS) is 10.9. The summed E-state index contributed by atoms with van der Waals surface area (Å²) in [6.45, 7) is 1.39. The molecule has 7 heteroatoms. The first kappa shape index (κ1) is 11.4. The predicted octanol–water partition coefficient (Wildman–Crippen LogP) is 1.03. The smallest absolute Gasteiger partial charge is 0.335 e. The Morgan fingerprint density at radius 3 is 2.95 bits per heavy atom. The second-order valence-electron chi connectivity index (χ2n) is 4.12. The van der Waals surface area contributed by atoms with Crippen LogP contribution in [0.1, 0.15) is 10.4 Å². The zero-order valence-corrected chi connectivity index (χ0v) is 9.97. The minimum atomic E-state index is -0.963. The molecule has 1 aromatic carbocycles. The van der Waals surface area contributed by atoms with E-state index in [1.807, 2.05) is 10.8 Å². The Kier molecular flexibility index (Phi) is 2.71. The maximum atomic E-state index is 10.9. The Balaban J connectivity index is 1.86. The number of aromatic carboxylic acids is 1. The molecule has 0 bridgehead atoms. The number of carboxylic acid groups (broad SMARTS) is 1. The number of hydrogen-bond donors (Lipinski definition) is 1. The molecule has 0 radical (unpaired) electrons. The van der Waals surface area contributed by atoms with E-state index < -0.39 is 5.97 Å². The molecule has 0 amide bonds. The molecule has 0 aliphatic rings. The largest absolute Gasteiger partial charge is 0.478 e. The lowest BCUT2D eigenvalue weighted by atomic mass is 10.2. The fourth-order valence-electron chi connectivity index (χ4n) is 1.90. The maximum absolute atomic E-state index is 10.9. The zero-order valence-electron chi connectivity index (χ0n) is 9.97. The SMILES string of the molecule is O=C(O)c1ccc2c(c1)nnn2CCn1ccnc1. The van der Waals surface area contributed by atoms with E-state index in [2.05, 4.69) is 15.3 Å². The molecule has 0 aliphatic heterocycles. The van der Waals surface area contributed by atoms with Gasteiger partial charge in [-0.15, -0.1) is 5.10 Å². The van der Waals surface area contributed by atoms with Crippen LogP contribution in [-0.4, -0.2) is 35.6 Å². The molecule has 0 aliphatic carbocycles. The molecule has 0 atom stereocenters. The van der Waals surface area contributed by atoms with Crippen molar-refractivity contribution < 1.29 is 9.90 Å². The van der Waals surface area contributed by atoms with Crippen molar-refractivity contribution in [2.24, 2.45) is 0 Å². The fraction of sp³-hybridized carbons (Fsp3) is 0.167. The third kappa shape index (κ3) is 2.17. The summed E-state index contributed by atoms with van der Waals surface area (Å²) in [6, 6.07) is 4.81. The first-order valence-electron chi connectivity index (χ1n) is 5.76. The molecule has 19 heavy (non-hydrogen) atoms. The highest BCUT2D eigenvalue weighted by Crippen LogP contribution is 2.13. The van der Waals surface area contributed by atoms with Crippen LogP contribution in [0.5, 0.6) is 0 Å². The van der Waals surface area contributed by atoms with Crippen molar-refractivity contribution >= 4 is 17.0 Å². The van der Waals surface area contributed by atoms with Crippen LogP contribution in [0.4, 0.5) is 0 Å². The number of aryl methyl sites for hydroxylation is 2. The monoisotopic (exact) mass is 257 g/mol. The number of nitrogens with zero attached hydrogens (tertiary/aromatic N) is 5. The lowest BCUT2D eigenvalue weighted by Gasteiger charge is -2.03. The maximum Gasteiger partial charge on any atom is 0.335 e. The van der Waals surface area contributed by atoms with Crippen molar-refractivity contribution in [2.45, 2.75) is 13.1 Å². The average Bonchev–Trinajstić information content (AvgIpc) is 3.05. The molecule has 1 N–H and O–H groups in total. The summed E-state index contributed by atoms with van der Waals surface area (Å²) >= 11 is 0. The number of imidazole rings is 1. The van der Waals surface area contributed by atoms with E-state index in [0.717, 1.165) is 12.1 Å². The van der Waals surface area contributed by atoms with Gasteiger partial charge in [-0.1, -0.05) is 5.21 Å². The van der Waals surface area contributed by atoms with Crippen LogP contribution >= 0.6 is 0 Å². The molecular formula is C12H11N5O2. The summed E-state index contributed by atoms with van der Waals surface area (Å²) in [5.41, 5.74) is 1.63. The Morgan fingerprint density at radius 1 is 1.32 bits per heavy atom. The van der Waals surface area contributed by atoms with Gasteiger partial charge in [0.1, 0.15) is 5.52 Å². The summed E-state index contributed by atoms with van der Waals surface area (Å²) < 4.78 is 3.69. The van der Waals surface area contributed by atoms with Gasteiger partial charge >= 0.3 is 5.97 Å². The number of aromatic nitrogens is 5. The van der Waals surface area contributed by atoms with Crippen LogP contribution in [-0.2, 0) is 13.1 Å². The second-order valence-corrected chi connectivity index (χ2v) is 4.12. The summed E-state index contributed by atoms with van der Waals surface area (Å²) in [5, 5.41) is 16.9. The Hall–Kier alpha value is -2.70. The fourth-order valence-corrected chi connectivity index (χ4v) is 1.90. The van der Waals surface area contributed by atoms with E-state index in [0.29, 0.717) is 12.1 Å². The van der Waals surface area contributed by atoms with Crippen LogP contribution in [0.2, 0.25) is 0 Å². The lowest BCUT2D eigenvalue weighted by Crippen LogP contribution is -2.07. The quantitative estimate of drug-likeness (QED) is 0.754. The zero-order chi connectivity index (χ0) is 13.2. The van der Waals surface area contributed by atoms with E-state index in [9.17, 15) is 4.79 Å². The van der Waals surface area contributed by atoms with Gasteiger partial charge in [0.25, 0.3) is 0 Å². The van der Waals surface area contributed by atoms with Crippen molar-refractivity contribution in [1.29, 1.82) is 0 Å². The highest BCUT2D eigenvalue weighted by molar-refractivity contribution is 5.92. The minimum Gasteiger partial charge on any atom is -0.478 e. The summed E-state index contributed by atoms with van der Waals surface area (Å²) in [5.74, 6) is -0.963. The molecule has 96 valence electrons. The van der Waals surface area contributed by atoms with Gasteiger partial charge in [-0.2, -0.15) is 0 Å². The molecule has 2 heterocycles. The van der Waals surface area contributed by atoms with Gasteiger partial charge in [-0.3, -0.25) is 0 Å². The third-order valence-corrected chi connectivity index (χ3v) is 2.89. The van der Waals surface area contributed by atoms with E-state index >= 15 is 0 Å². The molecule has 0 saturated carbocycles. The number of fused-ring (bicyclic) bond motifs is 1. The highest BCUT2D eigenvalue weighted by Gasteiger charge is 2.08. The van der Waals surface area contributed by atoms with Crippen LogP contribution in [0.3, 0.4) is 0 Å². The lowest BCUT2D eigenvalue weighted by molar-refractivity contribution is 0.0697. The Labute approximate surface area is 108 Å². The number of carboxylic acids is 1. The predicted molar refractivity (Wildman–Crippen MR) is 66.7 cm³/mol. The molecular weight excluding hydrogens is 246 g/mol. The molecule has 7 nitrogen and oxygen atoms in total. The van der Waals surface area contributed by atoms with Gasteiger partial charge in [0.05, 0.1) is 24.0 Å². The van der Waals surface area contributed by atoms with Crippen molar-refractivity contribution in [3.63, 3.8) is 0 Å². The summed E-state index contributed by atoms with van der Waals surface area (Å²) in [4.78, 5) is 14.8. The number of rotatable bonds is 4. The first-order chi connectivity index (χ1) is 9.24. The highest BCUT2D eigenvalue weighted by atomic mass is 16.4. The van der Waals surface area contributed by atoms with Crippen molar-refractivity contribution in [3.05, 3.63) is 42.5 Å². The van der Waals surface area contributed by atoms with E-state index in [-0.39, 0.29) is 5.56 Å². The molecule has 0 saturated heterocycles. The van der Waals surface area contributed by atoms with E-state index in [4.69, 9.17) is 5.11 Å². The number of benzene rings is 1. The average molecular weight is 257 g/mol. The standard InChI is InChI=1S/C12H11N5O2/c18-12(19)9-1-2-11-10(7-9)14-15-17(11)6-5-16-4-3-13-8-16/h1-4,7-8H,5-6H2,(H,18,19). The van der Waals surface area contributed by atoms with Gasteiger partial charge in [0, 0.05) is 18.9 Å². The van der Waals surface area contributed by atoms with Gasteiger partial charge in [-0.25, -0.2) is 14.5 Å². The van der Waals surface area contributed by atoms with Crippen molar-refractivity contribution in [3.8, 4) is 0 Å². The molecule has 2 aromatic heterocycles. The Morgan fingerprint density at radius 2 is 2.21 bits per heavy atom. The van der Waals surface area contributed by atoms with E-state index in [1.54, 1.807) is 29.3 Å². The minimum absolute atomic E-state index is 0.217. The van der Waals surface area contributed by atoms with Gasteiger partial charge in [0.15, 0.2) is 0 Å². The summed E-state index contributed by atoms with van der Waals surface area (Å²) in [6.07, 6.45) is 5.34. The first-order valence-corrected chi connectivity index (χ1v) is 5.76. The number of hydrogen-bond acceptors (Lipinski definition) is 4. The van der Waals surface area contributed by atoms with Gasteiger partial charge in [-0.05, 0) is 18.2 Å². The van der Waals surface area contributed by atoms with Crippen LogP contribution < -0.4 is 0 Å². The summed E-state index contributed by atoms with van der Waals surface area (Å²) in [7, 11) is 0. The molecule has 0 fully saturated rings. The van der Waals surface area contributed by atoms with Gasteiger partial charge < -0.3 is 9.67 Å². The molecule has 3 rings (SSSR count). The van der Waals surface area contributed by atoms with E-state index in [1.165, 1.54) is 6.07 Å². The van der Waals surface area contributed by atoms with Crippen molar-refractivity contribution in [2.75, 3.05) is 0 Å². The van der Waals surface area contributed by atoms with Crippen molar-refractivity contribution in [1.82, 2.24) is 24.5 Å². The third-order valence-electron chi connectivity index (χ3n) is 2.89. The second kappa shape index (κ2) is 4.52. The molecule has 0 unspecified atom stereocenters. The van der Waals surface area contributed by atoms with Crippen LogP contribution in [0, 0.1) is 0 Å². The van der Waals surface area contributed by atoms with Crippen LogP contribution in [0.15, 0.2) is 36.9 Å². The topological polar surface area (TPSA) is 85.8 Å². The molecule has 3 aromatic rings. The Bertz CT molecular complexity index is 717.